The molecular formula is C30H29F6N3O13S. The average molecular weight is 786 g/mol. The monoisotopic (exact) mass is 785 g/mol. The summed E-state index contributed by atoms with van der Waals surface area (Å²) in [5, 5.41) is 32.7. The van der Waals surface area contributed by atoms with E-state index < -0.39 is 76.3 Å². The highest BCUT2D eigenvalue weighted by atomic mass is 32.2. The molecule has 0 spiro atoms. The largest absolute Gasteiger partial charge is 0.490 e. The molecule has 2 aromatic carbocycles. The Balaban J connectivity index is 0.000000587. The number of fused-ring (bicyclic) bond motifs is 1. The number of aliphatic carboxylic acids is 3. The molecule has 1 aliphatic rings. The number of amidine groups is 1. The van der Waals surface area contributed by atoms with E-state index in [1.807, 2.05) is 0 Å². The minimum absolute atomic E-state index is 0.0433. The number of nitrogen functional groups attached to an aromatic ring is 1. The Bertz CT molecular complexity index is 1940. The summed E-state index contributed by atoms with van der Waals surface area (Å²) in [6.07, 6.45) is -9.58. The summed E-state index contributed by atoms with van der Waals surface area (Å²) in [6, 6.07) is 12.6. The number of benzene rings is 2. The van der Waals surface area contributed by atoms with E-state index in [-0.39, 0.29) is 18.1 Å². The Hall–Kier alpha value is -5.55. The van der Waals surface area contributed by atoms with Crippen LogP contribution in [0.4, 0.5) is 26.3 Å². The number of hydrogen-bond donors (Lipinski definition) is 6. The van der Waals surface area contributed by atoms with Gasteiger partial charge in [0.1, 0.15) is 17.3 Å². The van der Waals surface area contributed by atoms with Gasteiger partial charge < -0.3 is 30.2 Å². The highest BCUT2D eigenvalue weighted by Crippen LogP contribution is 2.26. The molecule has 1 aromatic heterocycles. The number of rotatable bonds is 11. The Kier molecular flexibility index (Phi) is 14.6. The first-order valence-corrected chi connectivity index (χ1v) is 16.1. The van der Waals surface area contributed by atoms with Crippen molar-refractivity contribution in [3.63, 3.8) is 0 Å². The molecule has 0 unspecified atom stereocenters. The molecule has 1 saturated heterocycles. The lowest BCUT2D eigenvalue weighted by Gasteiger charge is -2.23. The number of Topliss-reactive ketones (excluding diaryl/α,β-unsaturated/α-hetero) is 1. The van der Waals surface area contributed by atoms with Crippen LogP contribution in [0, 0.1) is 11.3 Å². The lowest BCUT2D eigenvalue weighted by molar-refractivity contribution is -0.193. The van der Waals surface area contributed by atoms with Crippen molar-refractivity contribution in [2.45, 2.75) is 44.2 Å². The summed E-state index contributed by atoms with van der Waals surface area (Å²) in [6.45, 7) is 0.698. The SMILES string of the molecule is N=C(N)c1ccc2cc(OC(=O)c3ccc(CN4CCC[C@@H]4C(=O)C[C@@H](CS(=O)(=O)O)C(=O)O)o3)ccc2c1.O=C(O)C(F)(F)F.O=C(O)C(F)(F)F. The van der Waals surface area contributed by atoms with Crippen molar-refractivity contribution in [3.8, 4) is 5.75 Å². The van der Waals surface area contributed by atoms with Crippen LogP contribution in [-0.4, -0.2) is 99.4 Å². The number of nitrogens with two attached hydrogens (primary N) is 1. The zero-order chi connectivity index (χ0) is 40.5. The number of nitrogens with one attached hydrogen (secondary N) is 1. The van der Waals surface area contributed by atoms with Crippen molar-refractivity contribution in [2.24, 2.45) is 11.7 Å². The summed E-state index contributed by atoms with van der Waals surface area (Å²) in [5.74, 6) is -10.1. The Morgan fingerprint density at radius 1 is 0.925 bits per heavy atom. The van der Waals surface area contributed by atoms with Crippen LogP contribution < -0.4 is 10.5 Å². The Labute approximate surface area is 294 Å². The first kappa shape index (κ1) is 43.6. The fourth-order valence-electron chi connectivity index (χ4n) is 4.62. The normalized spacial score (nSPS) is 15.3. The standard InChI is InChI=1S/C26H27N3O9S.2C2HF3O2/c27-24(28)17-4-3-16-11-19(6-5-15(16)10-17)38-26(33)23-8-7-20(37-23)13-29-9-1-2-21(29)22(30)12-18(25(31)32)14-39(34,35)36;2*3-2(4,5)1(6)7/h3-8,10-11,18,21H,1-2,9,12-14H2,(H3,27,28)(H,31,32)(H,34,35,36);2*(H,6,7)/t18-,21+;;/m0../s1. The highest BCUT2D eigenvalue weighted by molar-refractivity contribution is 7.85. The van der Waals surface area contributed by atoms with Gasteiger partial charge in [-0.3, -0.25) is 24.5 Å². The second kappa shape index (κ2) is 17.8. The number of ketones is 1. The smallest absolute Gasteiger partial charge is 0.481 e. The second-order valence-corrected chi connectivity index (χ2v) is 12.5. The number of alkyl halides is 6. The Morgan fingerprint density at radius 2 is 1.47 bits per heavy atom. The van der Waals surface area contributed by atoms with Gasteiger partial charge in [-0.25, -0.2) is 14.4 Å². The van der Waals surface area contributed by atoms with E-state index in [4.69, 9.17) is 44.7 Å². The molecule has 53 heavy (non-hydrogen) atoms. The number of likely N-dealkylation sites (tertiary alicyclic amines) is 1. The zero-order valence-corrected chi connectivity index (χ0v) is 27.5. The first-order valence-electron chi connectivity index (χ1n) is 14.5. The predicted molar refractivity (Wildman–Crippen MR) is 167 cm³/mol. The van der Waals surface area contributed by atoms with Gasteiger partial charge in [0.15, 0.2) is 5.78 Å². The number of furan rings is 1. The van der Waals surface area contributed by atoms with Crippen molar-refractivity contribution >= 4 is 56.4 Å². The van der Waals surface area contributed by atoms with Gasteiger partial charge in [-0.1, -0.05) is 18.2 Å². The molecule has 1 fully saturated rings. The van der Waals surface area contributed by atoms with Crippen LogP contribution in [0.15, 0.2) is 52.9 Å². The van der Waals surface area contributed by atoms with Crippen LogP contribution in [0.2, 0.25) is 0 Å². The van der Waals surface area contributed by atoms with Crippen LogP contribution >= 0.6 is 0 Å². The number of carbonyl (C=O) groups excluding carboxylic acids is 2. The summed E-state index contributed by atoms with van der Waals surface area (Å²) in [7, 11) is -4.56. The number of ether oxygens (including phenoxy) is 1. The molecule has 2 atom stereocenters. The maximum absolute atomic E-state index is 12.8. The van der Waals surface area contributed by atoms with E-state index in [0.29, 0.717) is 36.5 Å². The fraction of sp³-hybridized carbons (Fsp3) is 0.333. The number of hydrogen-bond acceptors (Lipinski definition) is 11. The number of esters is 1. The van der Waals surface area contributed by atoms with Crippen LogP contribution in [0.1, 0.15) is 41.1 Å². The van der Waals surface area contributed by atoms with Crippen LogP contribution in [0.5, 0.6) is 5.75 Å². The molecule has 290 valence electrons. The minimum atomic E-state index is -5.08. The zero-order valence-electron chi connectivity index (χ0n) is 26.7. The molecule has 0 bridgehead atoms. The van der Waals surface area contributed by atoms with Gasteiger partial charge in [-0.05, 0) is 60.5 Å². The molecule has 16 nitrogen and oxygen atoms in total. The lowest BCUT2D eigenvalue weighted by Crippen LogP contribution is -2.38. The summed E-state index contributed by atoms with van der Waals surface area (Å²) in [4.78, 5) is 56.4. The number of halogens is 6. The van der Waals surface area contributed by atoms with Gasteiger partial charge in [-0.15, -0.1) is 0 Å². The third kappa shape index (κ3) is 14.2. The molecule has 0 saturated carbocycles. The molecule has 1 aliphatic heterocycles. The topological polar surface area (TPSA) is 276 Å². The molecule has 0 aliphatic carbocycles. The summed E-state index contributed by atoms with van der Waals surface area (Å²) < 4.78 is 106. The van der Waals surface area contributed by atoms with Crippen molar-refractivity contribution in [1.29, 1.82) is 5.41 Å². The van der Waals surface area contributed by atoms with Gasteiger partial charge >= 0.3 is 36.2 Å². The lowest BCUT2D eigenvalue weighted by atomic mass is 9.98. The molecule has 7 N–H and O–H groups in total. The number of carboxylic acid groups (broad SMARTS) is 3. The minimum Gasteiger partial charge on any atom is -0.481 e. The quantitative estimate of drug-likeness (QED) is 0.0404. The van der Waals surface area contributed by atoms with Gasteiger partial charge in [0, 0.05) is 12.0 Å². The second-order valence-electron chi connectivity index (χ2n) is 11.0. The average Bonchev–Trinajstić information content (AvgIpc) is 3.69. The summed E-state index contributed by atoms with van der Waals surface area (Å²) in [5.41, 5.74) is 6.11. The van der Waals surface area contributed by atoms with Gasteiger partial charge in [0.2, 0.25) is 5.76 Å². The van der Waals surface area contributed by atoms with E-state index in [9.17, 15) is 54.3 Å². The molecule has 0 amide bonds. The van der Waals surface area contributed by atoms with Gasteiger partial charge in [0.05, 0.1) is 24.3 Å². The van der Waals surface area contributed by atoms with E-state index in [0.717, 1.165) is 10.8 Å². The maximum Gasteiger partial charge on any atom is 0.490 e. The fourth-order valence-corrected chi connectivity index (χ4v) is 5.38. The maximum atomic E-state index is 12.8. The molecule has 23 heteroatoms. The number of carbonyl (C=O) groups is 5. The van der Waals surface area contributed by atoms with E-state index in [1.165, 1.54) is 6.07 Å². The van der Waals surface area contributed by atoms with Crippen LogP contribution in [0.25, 0.3) is 10.8 Å². The molecule has 4 rings (SSSR count). The van der Waals surface area contributed by atoms with Crippen LogP contribution in [-0.2, 0) is 35.8 Å². The Morgan fingerprint density at radius 3 is 1.98 bits per heavy atom. The van der Waals surface area contributed by atoms with Crippen molar-refractivity contribution < 1.29 is 87.8 Å². The van der Waals surface area contributed by atoms with Gasteiger partial charge in [-0.2, -0.15) is 34.8 Å². The molecule has 2 heterocycles. The third-order valence-electron chi connectivity index (χ3n) is 6.98. The number of carboxylic acids is 3. The predicted octanol–water partition coefficient (Wildman–Crippen LogP) is 3.71. The van der Waals surface area contributed by atoms with Crippen molar-refractivity contribution in [3.05, 3.63) is 65.6 Å². The molecular weight excluding hydrogens is 756 g/mol. The first-order chi connectivity index (χ1) is 24.3. The molecule has 0 radical (unpaired) electrons. The van der Waals surface area contributed by atoms with E-state index >= 15 is 0 Å². The third-order valence-corrected chi connectivity index (χ3v) is 7.81. The summed E-state index contributed by atoms with van der Waals surface area (Å²) >= 11 is 0. The van der Waals surface area contributed by atoms with Crippen molar-refractivity contribution in [1.82, 2.24) is 4.90 Å². The van der Waals surface area contributed by atoms with Gasteiger partial charge in [0.25, 0.3) is 10.1 Å². The highest BCUT2D eigenvalue weighted by Gasteiger charge is 2.39. The van der Waals surface area contributed by atoms with E-state index in [2.05, 4.69) is 0 Å². The number of nitrogens with zero attached hydrogens (tertiary/aromatic N) is 1. The van der Waals surface area contributed by atoms with E-state index in [1.54, 1.807) is 47.4 Å². The molecule has 3 aromatic rings. The van der Waals surface area contributed by atoms with Crippen molar-refractivity contribution in [2.75, 3.05) is 12.3 Å². The van der Waals surface area contributed by atoms with Crippen LogP contribution in [0.3, 0.4) is 0 Å².